The van der Waals surface area contributed by atoms with Crippen molar-refractivity contribution >= 4 is 35.1 Å². The highest BCUT2D eigenvalue weighted by molar-refractivity contribution is 6.33. The number of hydrogen-bond acceptors (Lipinski definition) is 4. The van der Waals surface area contributed by atoms with Crippen molar-refractivity contribution in [2.75, 3.05) is 5.01 Å². The van der Waals surface area contributed by atoms with Crippen LogP contribution in [0.25, 0.3) is 0 Å². The summed E-state index contributed by atoms with van der Waals surface area (Å²) in [6, 6.07) is 35.7. The van der Waals surface area contributed by atoms with E-state index in [9.17, 15) is 4.79 Å². The van der Waals surface area contributed by atoms with Gasteiger partial charge in [-0.25, -0.2) is 5.43 Å². The Bertz CT molecular complexity index is 1370. The smallest absolute Gasteiger partial charge is 0.267 e. The second-order valence-corrected chi connectivity index (χ2v) is 8.57. The number of nitrogens with one attached hydrogen (secondary N) is 1. The van der Waals surface area contributed by atoms with E-state index in [-0.39, 0.29) is 11.9 Å². The minimum absolute atomic E-state index is 0.112. The molecule has 4 aromatic carbocycles. The molecule has 1 heterocycles. The van der Waals surface area contributed by atoms with Crippen LogP contribution in [0, 0.1) is 0 Å². The number of hydrogen-bond donors (Lipinski definition) is 1. The molecule has 6 heteroatoms. The number of nitrogens with zero attached hydrogens (tertiary/aromatic N) is 3. The molecular weight excluding hydrogens is 456 g/mol. The number of carbonyl (C=O) groups excluding carboxylic acids is 1. The molecule has 0 aromatic heterocycles. The Labute approximate surface area is 209 Å². The average Bonchev–Trinajstić information content (AvgIpc) is 3.36. The molecule has 1 atom stereocenters. The fourth-order valence-electron chi connectivity index (χ4n) is 4.07. The van der Waals surface area contributed by atoms with Crippen molar-refractivity contribution in [3.8, 4) is 0 Å². The maximum Gasteiger partial charge on any atom is 0.272 e. The zero-order valence-electron chi connectivity index (χ0n) is 18.9. The maximum absolute atomic E-state index is 12.3. The summed E-state index contributed by atoms with van der Waals surface area (Å²) in [6.07, 6.45) is 2.43. The van der Waals surface area contributed by atoms with Crippen molar-refractivity contribution < 1.29 is 4.79 Å². The Morgan fingerprint density at radius 2 is 1.54 bits per heavy atom. The number of hydrazone groups is 2. The molecule has 35 heavy (non-hydrogen) atoms. The molecule has 1 N–H and O–H groups in total. The molecule has 0 fully saturated rings. The van der Waals surface area contributed by atoms with Gasteiger partial charge in [0.25, 0.3) is 5.91 Å². The fraction of sp³-hybridized carbons (Fsp3) is 0.0690. The van der Waals surface area contributed by atoms with Crippen molar-refractivity contribution in [1.82, 2.24) is 5.43 Å². The minimum Gasteiger partial charge on any atom is -0.267 e. The lowest BCUT2D eigenvalue weighted by molar-refractivity contribution is 0.0955. The first-order valence-electron chi connectivity index (χ1n) is 11.3. The lowest BCUT2D eigenvalue weighted by Gasteiger charge is -2.24. The first kappa shape index (κ1) is 22.6. The zero-order valence-corrected chi connectivity index (χ0v) is 19.6. The molecule has 0 radical (unpaired) electrons. The summed E-state index contributed by atoms with van der Waals surface area (Å²) in [5.41, 5.74) is 8.17. The van der Waals surface area contributed by atoms with Crippen LogP contribution in [0.3, 0.4) is 0 Å². The highest BCUT2D eigenvalue weighted by atomic mass is 35.5. The summed E-state index contributed by atoms with van der Waals surface area (Å²) < 4.78 is 0. The van der Waals surface area contributed by atoms with E-state index in [2.05, 4.69) is 51.9 Å². The molecule has 1 amide bonds. The monoisotopic (exact) mass is 478 g/mol. The second kappa shape index (κ2) is 10.4. The highest BCUT2D eigenvalue weighted by Crippen LogP contribution is 2.36. The van der Waals surface area contributed by atoms with Gasteiger partial charge in [-0.15, -0.1) is 0 Å². The molecule has 0 unspecified atom stereocenters. The van der Waals surface area contributed by atoms with Crippen molar-refractivity contribution in [2.45, 2.75) is 12.5 Å². The summed E-state index contributed by atoms with van der Waals surface area (Å²) in [7, 11) is 0. The van der Waals surface area contributed by atoms with Crippen LogP contribution in [0.15, 0.2) is 119 Å². The van der Waals surface area contributed by atoms with Crippen LogP contribution in [0.1, 0.15) is 39.5 Å². The predicted molar refractivity (Wildman–Crippen MR) is 142 cm³/mol. The van der Waals surface area contributed by atoms with Gasteiger partial charge in [0.15, 0.2) is 0 Å². The third kappa shape index (κ3) is 5.15. The Kier molecular flexibility index (Phi) is 6.68. The first-order chi connectivity index (χ1) is 17.2. The van der Waals surface area contributed by atoms with E-state index in [1.807, 2.05) is 48.5 Å². The number of benzene rings is 4. The minimum atomic E-state index is -0.353. The van der Waals surface area contributed by atoms with Gasteiger partial charge in [0, 0.05) is 6.42 Å². The second-order valence-electron chi connectivity index (χ2n) is 8.16. The number of carbonyl (C=O) groups is 1. The molecule has 1 aliphatic heterocycles. The summed E-state index contributed by atoms with van der Waals surface area (Å²) in [4.78, 5) is 12.3. The van der Waals surface area contributed by atoms with E-state index < -0.39 is 0 Å². The number of rotatable bonds is 6. The van der Waals surface area contributed by atoms with Crippen LogP contribution >= 0.6 is 11.6 Å². The summed E-state index contributed by atoms with van der Waals surface area (Å²) >= 11 is 6.07. The Balaban J connectivity index is 1.34. The van der Waals surface area contributed by atoms with Crippen LogP contribution in [0.2, 0.25) is 5.02 Å². The first-order valence-corrected chi connectivity index (χ1v) is 11.7. The quantitative estimate of drug-likeness (QED) is 0.255. The average molecular weight is 479 g/mol. The standard InChI is InChI=1S/C29H23ClN4O/c30-26-14-8-7-13-25(26)29(35)32-31-20-21-15-17-24(18-16-21)34-28(23-11-5-2-6-12-23)19-27(33-34)22-9-3-1-4-10-22/h1-18,20,28H,19H2,(H,32,35)/b31-20-/t28-/m1/s1. The Hall–Kier alpha value is -4.22. The van der Waals surface area contributed by atoms with Gasteiger partial charge in [-0.1, -0.05) is 96.5 Å². The molecule has 0 bridgehead atoms. The normalized spacial score (nSPS) is 15.3. The molecule has 1 aliphatic rings. The predicted octanol–water partition coefficient (Wildman–Crippen LogP) is 6.46. The lowest BCUT2D eigenvalue weighted by Crippen LogP contribution is -2.18. The van der Waals surface area contributed by atoms with Gasteiger partial charge in [-0.3, -0.25) is 9.80 Å². The van der Waals surface area contributed by atoms with E-state index >= 15 is 0 Å². The van der Waals surface area contributed by atoms with E-state index in [1.54, 1.807) is 30.5 Å². The van der Waals surface area contributed by atoms with Crippen LogP contribution in [0.5, 0.6) is 0 Å². The van der Waals surface area contributed by atoms with Crippen molar-refractivity contribution in [3.05, 3.63) is 136 Å². The Morgan fingerprint density at radius 1 is 0.886 bits per heavy atom. The summed E-state index contributed by atoms with van der Waals surface area (Å²) in [5.74, 6) is -0.353. The fourth-order valence-corrected chi connectivity index (χ4v) is 4.29. The third-order valence-corrected chi connectivity index (χ3v) is 6.19. The van der Waals surface area contributed by atoms with E-state index in [4.69, 9.17) is 16.7 Å². The van der Waals surface area contributed by atoms with Crippen molar-refractivity contribution in [3.63, 3.8) is 0 Å². The number of halogens is 1. The highest BCUT2D eigenvalue weighted by Gasteiger charge is 2.29. The number of anilines is 1. The molecule has 5 rings (SSSR count). The summed E-state index contributed by atoms with van der Waals surface area (Å²) in [5, 5.41) is 11.5. The molecule has 0 saturated heterocycles. The third-order valence-electron chi connectivity index (χ3n) is 5.86. The van der Waals surface area contributed by atoms with Crippen LogP contribution < -0.4 is 10.4 Å². The molecule has 0 spiro atoms. The molecule has 0 saturated carbocycles. The van der Waals surface area contributed by atoms with Crippen molar-refractivity contribution in [2.24, 2.45) is 10.2 Å². The van der Waals surface area contributed by atoms with E-state index in [0.29, 0.717) is 10.6 Å². The van der Waals surface area contributed by atoms with Gasteiger partial charge in [-0.2, -0.15) is 10.2 Å². The molecule has 0 aliphatic carbocycles. The number of amides is 1. The van der Waals surface area contributed by atoms with Crippen molar-refractivity contribution in [1.29, 1.82) is 0 Å². The maximum atomic E-state index is 12.3. The van der Waals surface area contributed by atoms with Gasteiger partial charge in [0.05, 0.1) is 34.2 Å². The Morgan fingerprint density at radius 3 is 2.26 bits per heavy atom. The van der Waals surface area contributed by atoms with E-state index in [1.165, 1.54) is 5.56 Å². The largest absolute Gasteiger partial charge is 0.272 e. The van der Waals surface area contributed by atoms with Gasteiger partial charge in [0.2, 0.25) is 0 Å². The van der Waals surface area contributed by atoms with Crippen LogP contribution in [0.4, 0.5) is 5.69 Å². The molecule has 4 aromatic rings. The molecular formula is C29H23ClN4O. The SMILES string of the molecule is O=C(N/N=C\c1ccc(N2N=C(c3ccccc3)C[C@@H]2c2ccccc2)cc1)c1ccccc1Cl. The lowest BCUT2D eigenvalue weighted by atomic mass is 9.98. The van der Waals surface area contributed by atoms with Gasteiger partial charge >= 0.3 is 0 Å². The van der Waals surface area contributed by atoms with Crippen LogP contribution in [-0.4, -0.2) is 17.8 Å². The summed E-state index contributed by atoms with van der Waals surface area (Å²) in [6.45, 7) is 0. The van der Waals surface area contributed by atoms with Crippen LogP contribution in [-0.2, 0) is 0 Å². The molecule has 172 valence electrons. The van der Waals surface area contributed by atoms with Gasteiger partial charge in [-0.05, 0) is 41.0 Å². The topological polar surface area (TPSA) is 57.1 Å². The zero-order chi connectivity index (χ0) is 24.0. The van der Waals surface area contributed by atoms with Gasteiger partial charge < -0.3 is 0 Å². The van der Waals surface area contributed by atoms with Gasteiger partial charge in [0.1, 0.15) is 0 Å². The van der Waals surface area contributed by atoms with E-state index in [0.717, 1.165) is 28.9 Å². The molecule has 5 nitrogen and oxygen atoms in total.